The largest absolute Gasteiger partial charge is 0.365 e. The van der Waals surface area contributed by atoms with Gasteiger partial charge in [0.2, 0.25) is 0 Å². The fourth-order valence-corrected chi connectivity index (χ4v) is 2.45. The highest BCUT2D eigenvalue weighted by atomic mass is 15.3. The van der Waals surface area contributed by atoms with E-state index in [0.717, 1.165) is 5.82 Å². The van der Waals surface area contributed by atoms with Crippen molar-refractivity contribution in [3.05, 3.63) is 12.4 Å². The van der Waals surface area contributed by atoms with Crippen LogP contribution in [0.5, 0.6) is 0 Å². The maximum Gasteiger partial charge on any atom is 0.160 e. The second-order valence-electron chi connectivity index (χ2n) is 5.37. The van der Waals surface area contributed by atoms with Gasteiger partial charge in [-0.15, -0.1) is 0 Å². The van der Waals surface area contributed by atoms with Gasteiger partial charge in [-0.05, 0) is 18.3 Å². The number of aromatic nitrogens is 2. The Bertz CT molecular complexity index is 377. The van der Waals surface area contributed by atoms with Gasteiger partial charge in [-0.2, -0.15) is 0 Å². The molecule has 0 saturated heterocycles. The summed E-state index contributed by atoms with van der Waals surface area (Å²) in [6.07, 6.45) is 8.40. The van der Waals surface area contributed by atoms with Crippen molar-refractivity contribution in [3.63, 3.8) is 0 Å². The minimum Gasteiger partial charge on any atom is -0.365 e. The molecular formula is C12H21N5. The summed E-state index contributed by atoms with van der Waals surface area (Å²) in [6, 6.07) is 0.457. The van der Waals surface area contributed by atoms with Crippen LogP contribution in [-0.4, -0.2) is 16.0 Å². The first kappa shape index (κ1) is 12.1. The quantitative estimate of drug-likeness (QED) is 0.553. The Morgan fingerprint density at radius 2 is 2.06 bits per heavy atom. The van der Waals surface area contributed by atoms with Crippen LogP contribution in [0.15, 0.2) is 12.4 Å². The summed E-state index contributed by atoms with van der Waals surface area (Å²) in [5, 5.41) is 3.48. The number of anilines is 2. The van der Waals surface area contributed by atoms with Crippen molar-refractivity contribution in [1.82, 2.24) is 9.97 Å². The second kappa shape index (κ2) is 4.87. The van der Waals surface area contributed by atoms with E-state index < -0.39 is 0 Å². The van der Waals surface area contributed by atoms with E-state index in [4.69, 9.17) is 5.84 Å². The van der Waals surface area contributed by atoms with Gasteiger partial charge in [-0.25, -0.2) is 10.8 Å². The maximum absolute atomic E-state index is 5.32. The molecule has 1 unspecified atom stereocenters. The molecule has 2 rings (SSSR count). The fraction of sp³-hybridized carbons (Fsp3) is 0.667. The number of hydrazine groups is 1. The zero-order valence-electron chi connectivity index (χ0n) is 10.5. The lowest BCUT2D eigenvalue weighted by atomic mass is 9.73. The molecule has 5 nitrogen and oxygen atoms in total. The number of hydrogen-bond acceptors (Lipinski definition) is 5. The average molecular weight is 235 g/mol. The molecule has 0 aliphatic heterocycles. The van der Waals surface area contributed by atoms with Crippen molar-refractivity contribution in [2.75, 3.05) is 10.7 Å². The van der Waals surface area contributed by atoms with Gasteiger partial charge in [0, 0.05) is 6.04 Å². The van der Waals surface area contributed by atoms with Gasteiger partial charge in [0.15, 0.2) is 5.82 Å². The van der Waals surface area contributed by atoms with Crippen LogP contribution in [-0.2, 0) is 0 Å². The van der Waals surface area contributed by atoms with Crippen LogP contribution in [0.4, 0.5) is 11.6 Å². The molecular weight excluding hydrogens is 214 g/mol. The van der Waals surface area contributed by atoms with Gasteiger partial charge in [0.05, 0.1) is 12.4 Å². The Balaban J connectivity index is 2.08. The molecule has 1 saturated carbocycles. The molecule has 0 aromatic carbocycles. The third-order valence-corrected chi connectivity index (χ3v) is 3.61. The molecule has 17 heavy (non-hydrogen) atoms. The zero-order valence-corrected chi connectivity index (χ0v) is 10.5. The van der Waals surface area contributed by atoms with Crippen molar-refractivity contribution in [1.29, 1.82) is 0 Å². The molecule has 1 fully saturated rings. The number of rotatable bonds is 3. The van der Waals surface area contributed by atoms with E-state index in [9.17, 15) is 0 Å². The molecule has 0 spiro atoms. The molecule has 4 N–H and O–H groups in total. The van der Waals surface area contributed by atoms with Crippen LogP contribution in [0.3, 0.4) is 0 Å². The van der Waals surface area contributed by atoms with Gasteiger partial charge in [-0.3, -0.25) is 4.98 Å². The summed E-state index contributed by atoms with van der Waals surface area (Å²) in [6.45, 7) is 4.62. The minimum absolute atomic E-state index is 0.312. The highest BCUT2D eigenvalue weighted by molar-refractivity contribution is 5.41. The highest BCUT2D eigenvalue weighted by Gasteiger charge is 2.32. The number of nitrogens with zero attached hydrogens (tertiary/aromatic N) is 2. The van der Waals surface area contributed by atoms with Crippen LogP contribution in [0.1, 0.15) is 39.5 Å². The molecule has 1 aliphatic carbocycles. The third kappa shape index (κ3) is 2.85. The molecule has 0 radical (unpaired) electrons. The molecule has 5 heteroatoms. The topological polar surface area (TPSA) is 75.9 Å². The van der Waals surface area contributed by atoms with Gasteiger partial charge < -0.3 is 10.7 Å². The molecule has 0 amide bonds. The van der Waals surface area contributed by atoms with E-state index >= 15 is 0 Å². The van der Waals surface area contributed by atoms with Gasteiger partial charge in [0.1, 0.15) is 5.82 Å². The SMILES string of the molecule is CC1(C)CCCCC1Nc1cncc(NN)n1. The van der Waals surface area contributed by atoms with E-state index in [1.165, 1.54) is 25.7 Å². The molecule has 1 heterocycles. The predicted octanol–water partition coefficient (Wildman–Crippen LogP) is 2.14. The van der Waals surface area contributed by atoms with Crippen molar-refractivity contribution in [2.24, 2.45) is 11.3 Å². The van der Waals surface area contributed by atoms with E-state index in [-0.39, 0.29) is 0 Å². The Labute approximate surface area is 102 Å². The molecule has 1 aromatic heterocycles. The summed E-state index contributed by atoms with van der Waals surface area (Å²) < 4.78 is 0. The van der Waals surface area contributed by atoms with Gasteiger partial charge >= 0.3 is 0 Å². The second-order valence-corrected chi connectivity index (χ2v) is 5.37. The van der Waals surface area contributed by atoms with Crippen molar-refractivity contribution < 1.29 is 0 Å². The normalized spacial score (nSPS) is 23.1. The summed E-state index contributed by atoms with van der Waals surface area (Å²) in [5.74, 6) is 6.70. The van der Waals surface area contributed by atoms with Crippen molar-refractivity contribution in [2.45, 2.75) is 45.6 Å². The lowest BCUT2D eigenvalue weighted by Gasteiger charge is -2.39. The number of nitrogens with two attached hydrogens (primary N) is 1. The predicted molar refractivity (Wildman–Crippen MR) is 69.5 cm³/mol. The highest BCUT2D eigenvalue weighted by Crippen LogP contribution is 2.36. The summed E-state index contributed by atoms with van der Waals surface area (Å²) >= 11 is 0. The van der Waals surface area contributed by atoms with Crippen LogP contribution in [0.2, 0.25) is 0 Å². The van der Waals surface area contributed by atoms with Gasteiger partial charge in [-0.1, -0.05) is 26.7 Å². The van der Waals surface area contributed by atoms with Crippen LogP contribution < -0.4 is 16.6 Å². The van der Waals surface area contributed by atoms with E-state index in [0.29, 0.717) is 17.3 Å². The Morgan fingerprint density at radius 1 is 1.29 bits per heavy atom. The van der Waals surface area contributed by atoms with Crippen LogP contribution in [0.25, 0.3) is 0 Å². The monoisotopic (exact) mass is 235 g/mol. The average Bonchev–Trinajstić information content (AvgIpc) is 2.32. The number of nitrogens with one attached hydrogen (secondary N) is 2. The molecule has 1 aliphatic rings. The van der Waals surface area contributed by atoms with Crippen LogP contribution in [0, 0.1) is 5.41 Å². The number of hydrogen-bond donors (Lipinski definition) is 3. The first-order valence-electron chi connectivity index (χ1n) is 6.17. The van der Waals surface area contributed by atoms with Gasteiger partial charge in [0.25, 0.3) is 0 Å². The standard InChI is InChI=1S/C12H21N5/c1-12(2)6-4-3-5-9(12)15-10-7-14-8-11(16-10)17-13/h7-9H,3-6,13H2,1-2H3,(H2,15,16,17). The lowest BCUT2D eigenvalue weighted by molar-refractivity contribution is 0.216. The Hall–Kier alpha value is -1.36. The summed E-state index contributed by atoms with van der Waals surface area (Å²) in [4.78, 5) is 8.44. The third-order valence-electron chi connectivity index (χ3n) is 3.61. The smallest absolute Gasteiger partial charge is 0.160 e. The maximum atomic E-state index is 5.32. The molecule has 0 bridgehead atoms. The van der Waals surface area contributed by atoms with Crippen molar-refractivity contribution in [3.8, 4) is 0 Å². The molecule has 1 atom stereocenters. The summed E-state index contributed by atoms with van der Waals surface area (Å²) in [5.41, 5.74) is 2.82. The van der Waals surface area contributed by atoms with Crippen LogP contribution >= 0.6 is 0 Å². The van der Waals surface area contributed by atoms with E-state index in [2.05, 4.69) is 34.6 Å². The molecule has 94 valence electrons. The molecule has 1 aromatic rings. The first-order valence-corrected chi connectivity index (χ1v) is 6.17. The minimum atomic E-state index is 0.312. The first-order chi connectivity index (χ1) is 8.12. The van der Waals surface area contributed by atoms with E-state index in [1.807, 2.05) is 0 Å². The van der Waals surface area contributed by atoms with E-state index in [1.54, 1.807) is 12.4 Å². The summed E-state index contributed by atoms with van der Waals surface area (Å²) in [7, 11) is 0. The van der Waals surface area contributed by atoms with Crippen molar-refractivity contribution >= 4 is 11.6 Å². The number of nitrogen functional groups attached to an aromatic ring is 1. The lowest BCUT2D eigenvalue weighted by Crippen LogP contribution is -2.39. The Morgan fingerprint density at radius 3 is 2.76 bits per heavy atom. The Kier molecular flexibility index (Phi) is 3.47. The fourth-order valence-electron chi connectivity index (χ4n) is 2.45. The zero-order chi connectivity index (χ0) is 12.3.